The van der Waals surface area contributed by atoms with E-state index in [-0.39, 0.29) is 12.3 Å². The van der Waals surface area contributed by atoms with Crippen LogP contribution in [0, 0.1) is 6.92 Å². The van der Waals surface area contributed by atoms with Gasteiger partial charge in [0, 0.05) is 21.9 Å². The number of carboxylic acid groups (broad SMARTS) is 1. The maximum Gasteiger partial charge on any atom is 0.307 e. The third kappa shape index (κ3) is 5.33. The minimum absolute atomic E-state index is 0.00550. The lowest BCUT2D eigenvalue weighted by atomic mass is 10.1. The lowest BCUT2D eigenvalue weighted by Gasteiger charge is -2.06. The van der Waals surface area contributed by atoms with Gasteiger partial charge in [0.15, 0.2) is 0 Å². The van der Waals surface area contributed by atoms with Crippen LogP contribution in [-0.4, -0.2) is 17.0 Å². The SMILES string of the molecule is Cc1ccc(CCCC(=O)Nc2ccc(CC(=O)O)cc2)s1. The number of anilines is 1. The molecular weight excluding hydrogens is 298 g/mol. The Hall–Kier alpha value is -2.14. The third-order valence-electron chi connectivity index (χ3n) is 3.22. The van der Waals surface area contributed by atoms with Crippen molar-refractivity contribution in [1.82, 2.24) is 0 Å². The Balaban J connectivity index is 1.75. The summed E-state index contributed by atoms with van der Waals surface area (Å²) in [6.07, 6.45) is 2.22. The second-order valence-electron chi connectivity index (χ2n) is 5.18. The Morgan fingerprint density at radius 2 is 1.86 bits per heavy atom. The number of hydrogen-bond acceptors (Lipinski definition) is 3. The summed E-state index contributed by atoms with van der Waals surface area (Å²) in [6.45, 7) is 2.08. The quantitative estimate of drug-likeness (QED) is 0.819. The summed E-state index contributed by atoms with van der Waals surface area (Å²) < 4.78 is 0. The fourth-order valence-corrected chi connectivity index (χ4v) is 3.08. The molecular formula is C17H19NO3S. The van der Waals surface area contributed by atoms with Crippen molar-refractivity contribution in [3.05, 3.63) is 51.7 Å². The first kappa shape index (κ1) is 16.2. The second kappa shape index (κ2) is 7.75. The molecule has 0 aliphatic rings. The number of aryl methyl sites for hydroxylation is 2. The molecule has 2 N–H and O–H groups in total. The molecule has 0 bridgehead atoms. The van der Waals surface area contributed by atoms with Crippen LogP contribution >= 0.6 is 11.3 Å². The lowest BCUT2D eigenvalue weighted by molar-refractivity contribution is -0.136. The average molecular weight is 317 g/mol. The number of thiophene rings is 1. The van der Waals surface area contributed by atoms with Crippen LogP contribution in [0.5, 0.6) is 0 Å². The van der Waals surface area contributed by atoms with Crippen LogP contribution < -0.4 is 5.32 Å². The number of rotatable bonds is 7. The van der Waals surface area contributed by atoms with Gasteiger partial charge in [0.2, 0.25) is 5.91 Å². The van der Waals surface area contributed by atoms with Gasteiger partial charge in [-0.05, 0) is 49.6 Å². The zero-order chi connectivity index (χ0) is 15.9. The zero-order valence-electron chi connectivity index (χ0n) is 12.5. The predicted octanol–water partition coefficient (Wildman–Crippen LogP) is 3.65. The normalized spacial score (nSPS) is 10.4. The largest absolute Gasteiger partial charge is 0.481 e. The molecule has 0 aliphatic carbocycles. The smallest absolute Gasteiger partial charge is 0.307 e. The van der Waals surface area contributed by atoms with Crippen molar-refractivity contribution in [3.63, 3.8) is 0 Å². The highest BCUT2D eigenvalue weighted by molar-refractivity contribution is 7.11. The third-order valence-corrected chi connectivity index (χ3v) is 4.28. The van der Waals surface area contributed by atoms with Gasteiger partial charge in [0.1, 0.15) is 0 Å². The number of hydrogen-bond donors (Lipinski definition) is 2. The van der Waals surface area contributed by atoms with E-state index >= 15 is 0 Å². The number of carboxylic acids is 1. The number of carbonyl (C=O) groups is 2. The van der Waals surface area contributed by atoms with Crippen LogP contribution in [0.1, 0.15) is 28.2 Å². The summed E-state index contributed by atoms with van der Waals surface area (Å²) in [4.78, 5) is 25.1. The Bertz CT molecular complexity index is 646. The van der Waals surface area contributed by atoms with Crippen molar-refractivity contribution >= 4 is 28.9 Å². The monoisotopic (exact) mass is 317 g/mol. The molecule has 5 heteroatoms. The Kier molecular flexibility index (Phi) is 5.72. The van der Waals surface area contributed by atoms with Crippen molar-refractivity contribution < 1.29 is 14.7 Å². The molecule has 1 amide bonds. The molecule has 0 atom stereocenters. The molecule has 2 rings (SSSR count). The van der Waals surface area contributed by atoms with Crippen LogP contribution in [0.4, 0.5) is 5.69 Å². The topological polar surface area (TPSA) is 66.4 Å². The first-order valence-electron chi connectivity index (χ1n) is 7.19. The molecule has 0 saturated carbocycles. The van der Waals surface area contributed by atoms with Crippen molar-refractivity contribution in [1.29, 1.82) is 0 Å². The fourth-order valence-electron chi connectivity index (χ4n) is 2.15. The van der Waals surface area contributed by atoms with E-state index < -0.39 is 5.97 Å². The van der Waals surface area contributed by atoms with E-state index in [1.54, 1.807) is 35.6 Å². The van der Waals surface area contributed by atoms with Gasteiger partial charge >= 0.3 is 5.97 Å². The molecule has 0 aliphatic heterocycles. The van der Waals surface area contributed by atoms with Gasteiger partial charge in [-0.3, -0.25) is 9.59 Å². The molecule has 0 spiro atoms. The zero-order valence-corrected chi connectivity index (χ0v) is 13.3. The van der Waals surface area contributed by atoms with Crippen LogP contribution in [0.3, 0.4) is 0 Å². The molecule has 4 nitrogen and oxygen atoms in total. The molecule has 116 valence electrons. The van der Waals surface area contributed by atoms with E-state index in [4.69, 9.17) is 5.11 Å². The van der Waals surface area contributed by atoms with Crippen molar-refractivity contribution in [2.75, 3.05) is 5.32 Å². The number of carbonyl (C=O) groups excluding carboxylic acids is 1. The highest BCUT2D eigenvalue weighted by Gasteiger charge is 2.05. The highest BCUT2D eigenvalue weighted by atomic mass is 32.1. The van der Waals surface area contributed by atoms with Gasteiger partial charge in [0.25, 0.3) is 0 Å². The summed E-state index contributed by atoms with van der Waals surface area (Å²) in [5.74, 6) is -0.875. The van der Waals surface area contributed by atoms with E-state index in [2.05, 4.69) is 24.4 Å². The van der Waals surface area contributed by atoms with Crippen LogP contribution in [0.25, 0.3) is 0 Å². The molecule has 0 unspecified atom stereocenters. The van der Waals surface area contributed by atoms with Gasteiger partial charge in [-0.2, -0.15) is 0 Å². The summed E-state index contributed by atoms with van der Waals surface area (Å²) >= 11 is 1.77. The fraction of sp³-hybridized carbons (Fsp3) is 0.294. The summed E-state index contributed by atoms with van der Waals surface area (Å²) in [5.41, 5.74) is 1.42. The predicted molar refractivity (Wildman–Crippen MR) is 88.4 cm³/mol. The minimum atomic E-state index is -0.861. The second-order valence-corrected chi connectivity index (χ2v) is 6.55. The molecule has 0 saturated heterocycles. The van der Waals surface area contributed by atoms with E-state index in [1.165, 1.54) is 9.75 Å². The number of amides is 1. The van der Waals surface area contributed by atoms with Gasteiger partial charge < -0.3 is 10.4 Å². The first-order valence-corrected chi connectivity index (χ1v) is 8.00. The van der Waals surface area contributed by atoms with Gasteiger partial charge in [-0.25, -0.2) is 0 Å². The van der Waals surface area contributed by atoms with Gasteiger partial charge in [0.05, 0.1) is 6.42 Å². The minimum Gasteiger partial charge on any atom is -0.481 e. The Labute approximate surface area is 133 Å². The van der Waals surface area contributed by atoms with Crippen molar-refractivity contribution in [3.8, 4) is 0 Å². The van der Waals surface area contributed by atoms with E-state index in [0.717, 1.165) is 18.4 Å². The average Bonchev–Trinajstić information content (AvgIpc) is 2.86. The number of benzene rings is 1. The molecule has 1 aromatic carbocycles. The van der Waals surface area contributed by atoms with Crippen LogP contribution in [-0.2, 0) is 22.4 Å². The molecule has 2 aromatic rings. The molecule has 0 radical (unpaired) electrons. The standard InChI is InChI=1S/C17H19NO3S/c1-12-5-10-15(22-12)3-2-4-16(19)18-14-8-6-13(7-9-14)11-17(20)21/h5-10H,2-4,11H2,1H3,(H,18,19)(H,20,21). The van der Waals surface area contributed by atoms with Gasteiger partial charge in [-0.15, -0.1) is 11.3 Å². The van der Waals surface area contributed by atoms with E-state index in [0.29, 0.717) is 12.1 Å². The Morgan fingerprint density at radius 1 is 1.14 bits per heavy atom. The number of nitrogens with one attached hydrogen (secondary N) is 1. The highest BCUT2D eigenvalue weighted by Crippen LogP contribution is 2.17. The van der Waals surface area contributed by atoms with Crippen molar-refractivity contribution in [2.24, 2.45) is 0 Å². The Morgan fingerprint density at radius 3 is 2.45 bits per heavy atom. The molecule has 1 heterocycles. The molecule has 0 fully saturated rings. The lowest BCUT2D eigenvalue weighted by Crippen LogP contribution is -2.11. The summed E-state index contributed by atoms with van der Waals surface area (Å²) in [6, 6.07) is 11.1. The maximum absolute atomic E-state index is 11.9. The maximum atomic E-state index is 11.9. The van der Waals surface area contributed by atoms with Crippen LogP contribution in [0.15, 0.2) is 36.4 Å². The van der Waals surface area contributed by atoms with E-state index in [1.807, 2.05) is 0 Å². The van der Waals surface area contributed by atoms with Crippen LogP contribution in [0.2, 0.25) is 0 Å². The molecule has 22 heavy (non-hydrogen) atoms. The van der Waals surface area contributed by atoms with Gasteiger partial charge in [-0.1, -0.05) is 12.1 Å². The number of aliphatic carboxylic acids is 1. The summed E-state index contributed by atoms with van der Waals surface area (Å²) in [5, 5.41) is 11.5. The van der Waals surface area contributed by atoms with Crippen molar-refractivity contribution in [2.45, 2.75) is 32.6 Å². The van der Waals surface area contributed by atoms with E-state index in [9.17, 15) is 9.59 Å². The molecule has 1 aromatic heterocycles. The first-order chi connectivity index (χ1) is 10.5. The summed E-state index contributed by atoms with van der Waals surface area (Å²) in [7, 11) is 0.